The van der Waals surface area contributed by atoms with Crippen LogP contribution in [0.5, 0.6) is 0 Å². The number of aromatic nitrogens is 2. The number of nitrogens with zero attached hydrogens (tertiary/aromatic N) is 3. The van der Waals surface area contributed by atoms with E-state index in [2.05, 4.69) is 24.3 Å². The van der Waals surface area contributed by atoms with E-state index in [1.807, 2.05) is 17.9 Å². The van der Waals surface area contributed by atoms with Crippen molar-refractivity contribution in [2.75, 3.05) is 5.73 Å². The van der Waals surface area contributed by atoms with Crippen LogP contribution in [-0.2, 0) is 0 Å². The third kappa shape index (κ3) is 3.25. The minimum atomic E-state index is -0.0921. The molecular weight excluding hydrogens is 354 g/mol. The van der Waals surface area contributed by atoms with Crippen LogP contribution in [0.3, 0.4) is 0 Å². The minimum Gasteiger partial charge on any atom is -0.383 e. The Kier molecular flexibility index (Phi) is 4.61. The standard InChI is InChI=1S/C21H27N5O2/c1-12-4-7-15(20(27)24-16-8-9-16)10-18(12)26-19(22)17(11-23-26)21(28)25-13(2)5-6-14(25)3/h4,7,10-11,13-14,16H,5-6,8-9,22H2,1-3H3,(H,24,27)/t13-,14?/m1/s1. The van der Waals surface area contributed by atoms with Crippen LogP contribution in [0.1, 0.15) is 65.8 Å². The third-order valence-corrected chi connectivity index (χ3v) is 5.84. The van der Waals surface area contributed by atoms with Gasteiger partial charge in [-0.15, -0.1) is 0 Å². The van der Waals surface area contributed by atoms with Crippen LogP contribution in [-0.4, -0.2) is 44.6 Å². The normalized spacial score (nSPS) is 21.8. The predicted octanol–water partition coefficient (Wildman–Crippen LogP) is 2.67. The van der Waals surface area contributed by atoms with Crippen LogP contribution in [0.4, 0.5) is 5.82 Å². The fourth-order valence-corrected chi connectivity index (χ4v) is 3.92. The lowest BCUT2D eigenvalue weighted by molar-refractivity contribution is 0.0693. The molecule has 1 aliphatic heterocycles. The Labute approximate surface area is 164 Å². The predicted molar refractivity (Wildman–Crippen MR) is 108 cm³/mol. The molecule has 28 heavy (non-hydrogen) atoms. The van der Waals surface area contributed by atoms with Gasteiger partial charge in [0.2, 0.25) is 0 Å². The van der Waals surface area contributed by atoms with Crippen molar-refractivity contribution in [3.63, 3.8) is 0 Å². The van der Waals surface area contributed by atoms with Crippen molar-refractivity contribution < 1.29 is 9.59 Å². The summed E-state index contributed by atoms with van der Waals surface area (Å²) < 4.78 is 1.56. The number of benzene rings is 1. The molecule has 1 aromatic carbocycles. The Bertz CT molecular complexity index is 921. The van der Waals surface area contributed by atoms with E-state index >= 15 is 0 Å². The maximum absolute atomic E-state index is 13.1. The van der Waals surface area contributed by atoms with Crippen LogP contribution in [0, 0.1) is 6.92 Å². The molecule has 2 aromatic rings. The zero-order valence-electron chi connectivity index (χ0n) is 16.6. The molecule has 1 saturated carbocycles. The maximum Gasteiger partial charge on any atom is 0.259 e. The van der Waals surface area contributed by atoms with Crippen LogP contribution >= 0.6 is 0 Å². The lowest BCUT2D eigenvalue weighted by Gasteiger charge is -2.26. The molecule has 148 valence electrons. The lowest BCUT2D eigenvalue weighted by atomic mass is 10.1. The van der Waals surface area contributed by atoms with E-state index < -0.39 is 0 Å². The summed E-state index contributed by atoms with van der Waals surface area (Å²) in [7, 11) is 0. The van der Waals surface area contributed by atoms with Gasteiger partial charge in [0.15, 0.2) is 0 Å². The van der Waals surface area contributed by atoms with Crippen molar-refractivity contribution in [2.24, 2.45) is 0 Å². The van der Waals surface area contributed by atoms with Crippen LogP contribution in [0.25, 0.3) is 5.69 Å². The van der Waals surface area contributed by atoms with Crippen LogP contribution in [0.2, 0.25) is 0 Å². The van der Waals surface area contributed by atoms with Gasteiger partial charge in [0.1, 0.15) is 11.4 Å². The van der Waals surface area contributed by atoms with E-state index in [0.29, 0.717) is 28.7 Å². The van der Waals surface area contributed by atoms with Gasteiger partial charge in [0.05, 0.1) is 11.9 Å². The van der Waals surface area contributed by atoms with Crippen molar-refractivity contribution in [3.05, 3.63) is 41.1 Å². The highest BCUT2D eigenvalue weighted by Crippen LogP contribution is 2.29. The summed E-state index contributed by atoms with van der Waals surface area (Å²) in [6.45, 7) is 6.06. The zero-order chi connectivity index (χ0) is 20.0. The van der Waals surface area contributed by atoms with Gasteiger partial charge in [-0.25, -0.2) is 4.68 Å². The number of rotatable bonds is 4. The highest BCUT2D eigenvalue weighted by Gasteiger charge is 2.34. The molecule has 0 bridgehead atoms. The Morgan fingerprint density at radius 2 is 1.82 bits per heavy atom. The number of nitrogens with one attached hydrogen (secondary N) is 1. The first kappa shape index (κ1) is 18.5. The van der Waals surface area contributed by atoms with Gasteiger partial charge in [-0.2, -0.15) is 5.10 Å². The average Bonchev–Trinajstić information content (AvgIpc) is 3.30. The second kappa shape index (κ2) is 6.96. The molecule has 0 radical (unpaired) electrons. The van der Waals surface area contributed by atoms with Crippen LogP contribution in [0.15, 0.2) is 24.4 Å². The van der Waals surface area contributed by atoms with Crippen LogP contribution < -0.4 is 11.1 Å². The largest absolute Gasteiger partial charge is 0.383 e. The van der Waals surface area contributed by atoms with Gasteiger partial charge in [-0.05, 0) is 64.2 Å². The number of likely N-dealkylation sites (tertiary alicyclic amines) is 1. The molecule has 1 aliphatic carbocycles. The SMILES string of the molecule is Cc1ccc(C(=O)NC2CC2)cc1-n1ncc(C(=O)N2C(C)CC[C@H]2C)c1N. The number of nitrogen functional groups attached to an aromatic ring is 1. The molecular formula is C21H27N5O2. The molecule has 2 fully saturated rings. The van der Waals surface area contributed by atoms with Crippen molar-refractivity contribution in [1.29, 1.82) is 0 Å². The first-order valence-corrected chi connectivity index (χ1v) is 9.95. The summed E-state index contributed by atoms with van der Waals surface area (Å²) in [6, 6.07) is 6.15. The number of carbonyl (C=O) groups is 2. The second-order valence-corrected chi connectivity index (χ2v) is 8.09. The van der Waals surface area contributed by atoms with Gasteiger partial charge < -0.3 is 16.0 Å². The first-order chi connectivity index (χ1) is 13.4. The number of amides is 2. The highest BCUT2D eigenvalue weighted by molar-refractivity contribution is 5.99. The molecule has 1 saturated heterocycles. The molecule has 7 nitrogen and oxygen atoms in total. The van der Waals surface area contributed by atoms with Gasteiger partial charge in [0.25, 0.3) is 11.8 Å². The summed E-state index contributed by atoms with van der Waals surface area (Å²) in [5.41, 5.74) is 8.95. The lowest BCUT2D eigenvalue weighted by Crippen LogP contribution is -2.38. The first-order valence-electron chi connectivity index (χ1n) is 9.95. The van der Waals surface area contributed by atoms with E-state index in [0.717, 1.165) is 31.2 Å². The number of aryl methyl sites for hydroxylation is 1. The molecule has 1 aromatic heterocycles. The Morgan fingerprint density at radius 1 is 1.14 bits per heavy atom. The number of hydrogen-bond donors (Lipinski definition) is 2. The summed E-state index contributed by atoms with van der Waals surface area (Å²) >= 11 is 0. The van der Waals surface area contributed by atoms with E-state index in [1.165, 1.54) is 6.20 Å². The van der Waals surface area contributed by atoms with Crippen molar-refractivity contribution in [2.45, 2.75) is 64.6 Å². The fraction of sp³-hybridized carbons (Fsp3) is 0.476. The Hall–Kier alpha value is -2.83. The third-order valence-electron chi connectivity index (χ3n) is 5.84. The molecule has 2 aliphatic rings. The molecule has 4 rings (SSSR count). The Morgan fingerprint density at radius 3 is 2.46 bits per heavy atom. The highest BCUT2D eigenvalue weighted by atomic mass is 16.2. The van der Waals surface area contributed by atoms with Gasteiger partial charge >= 0.3 is 0 Å². The Balaban J connectivity index is 1.65. The number of carbonyl (C=O) groups excluding carboxylic acids is 2. The molecule has 2 amide bonds. The monoisotopic (exact) mass is 381 g/mol. The molecule has 2 atom stereocenters. The summed E-state index contributed by atoms with van der Waals surface area (Å²) in [5, 5.41) is 7.37. The van der Waals surface area contributed by atoms with E-state index in [-0.39, 0.29) is 23.9 Å². The van der Waals surface area contributed by atoms with Crippen molar-refractivity contribution >= 4 is 17.6 Å². The maximum atomic E-state index is 13.1. The minimum absolute atomic E-state index is 0.0819. The topological polar surface area (TPSA) is 93.2 Å². The summed E-state index contributed by atoms with van der Waals surface area (Å²) in [4.78, 5) is 27.3. The van der Waals surface area contributed by atoms with Gasteiger partial charge in [-0.3, -0.25) is 9.59 Å². The molecule has 7 heteroatoms. The number of nitrogens with two attached hydrogens (primary N) is 1. The number of anilines is 1. The van der Waals surface area contributed by atoms with Gasteiger partial charge in [0, 0.05) is 23.7 Å². The molecule has 1 unspecified atom stereocenters. The molecule has 0 spiro atoms. The van der Waals surface area contributed by atoms with Crippen molar-refractivity contribution in [1.82, 2.24) is 20.0 Å². The smallest absolute Gasteiger partial charge is 0.259 e. The average molecular weight is 381 g/mol. The molecule has 2 heterocycles. The van der Waals surface area contributed by atoms with Crippen molar-refractivity contribution in [3.8, 4) is 5.69 Å². The van der Waals surface area contributed by atoms with E-state index in [4.69, 9.17) is 5.73 Å². The van der Waals surface area contributed by atoms with E-state index in [9.17, 15) is 9.59 Å². The number of hydrogen-bond acceptors (Lipinski definition) is 4. The quantitative estimate of drug-likeness (QED) is 0.851. The molecule has 3 N–H and O–H groups in total. The van der Waals surface area contributed by atoms with E-state index in [1.54, 1.807) is 16.8 Å². The summed E-state index contributed by atoms with van der Waals surface area (Å²) in [6.07, 6.45) is 5.60. The summed E-state index contributed by atoms with van der Waals surface area (Å²) in [5.74, 6) is 0.131. The zero-order valence-corrected chi connectivity index (χ0v) is 16.6. The fourth-order valence-electron chi connectivity index (χ4n) is 3.92. The second-order valence-electron chi connectivity index (χ2n) is 8.09. The van der Waals surface area contributed by atoms with Gasteiger partial charge in [-0.1, -0.05) is 6.07 Å².